The predicted molar refractivity (Wildman–Crippen MR) is 118 cm³/mol. The van der Waals surface area contributed by atoms with Crippen LogP contribution in [0.5, 0.6) is 0 Å². The van der Waals surface area contributed by atoms with Crippen LogP contribution < -0.4 is 0 Å². The van der Waals surface area contributed by atoms with E-state index in [0.29, 0.717) is 12.5 Å². The summed E-state index contributed by atoms with van der Waals surface area (Å²) in [5, 5.41) is 0. The average Bonchev–Trinajstić information content (AvgIpc) is 2.73. The second-order valence-corrected chi connectivity index (χ2v) is 9.04. The van der Waals surface area contributed by atoms with E-state index in [2.05, 4.69) is 27.7 Å². The largest absolute Gasteiger partial charge is 0.465 e. The lowest BCUT2D eigenvalue weighted by Gasteiger charge is -2.28. The van der Waals surface area contributed by atoms with Gasteiger partial charge >= 0.3 is 5.97 Å². The molecule has 2 atom stereocenters. The predicted octanol–water partition coefficient (Wildman–Crippen LogP) is 7.18. The summed E-state index contributed by atoms with van der Waals surface area (Å²) in [6.45, 7) is 11.4. The van der Waals surface area contributed by atoms with Gasteiger partial charge in [0, 0.05) is 13.2 Å². The van der Waals surface area contributed by atoms with Crippen LogP contribution in [0.15, 0.2) is 0 Å². The average molecular weight is 397 g/mol. The lowest BCUT2D eigenvalue weighted by Crippen LogP contribution is -2.26. The Morgan fingerprint density at radius 1 is 0.857 bits per heavy atom. The second-order valence-electron chi connectivity index (χ2n) is 9.04. The minimum atomic E-state index is 0.0614. The van der Waals surface area contributed by atoms with E-state index in [0.717, 1.165) is 63.6 Å². The Morgan fingerprint density at radius 3 is 1.96 bits per heavy atom. The van der Waals surface area contributed by atoms with Crippen molar-refractivity contribution in [1.29, 1.82) is 0 Å². The zero-order chi connectivity index (χ0) is 20.6. The van der Waals surface area contributed by atoms with Crippen molar-refractivity contribution in [3.8, 4) is 0 Å². The second kappa shape index (κ2) is 16.3. The molecule has 0 radical (unpaired) electrons. The lowest BCUT2D eigenvalue weighted by atomic mass is 9.80. The molecule has 1 fully saturated rings. The third-order valence-electron chi connectivity index (χ3n) is 6.75. The maximum absolute atomic E-state index is 12.4. The zero-order valence-corrected chi connectivity index (χ0v) is 19.3. The van der Waals surface area contributed by atoms with Crippen LogP contribution in [-0.4, -0.2) is 25.8 Å². The Bertz CT molecular complexity index is 374. The highest BCUT2D eigenvalue weighted by Crippen LogP contribution is 2.32. The van der Waals surface area contributed by atoms with Crippen molar-refractivity contribution in [3.63, 3.8) is 0 Å². The molecule has 0 amide bonds. The SMILES string of the molecule is CCCCC(CC)COCCC1CCC(C(=O)OCC(CC)CCCC)CC1. The molecule has 0 aliphatic heterocycles. The van der Waals surface area contributed by atoms with Crippen molar-refractivity contribution < 1.29 is 14.3 Å². The van der Waals surface area contributed by atoms with E-state index >= 15 is 0 Å². The monoisotopic (exact) mass is 396 g/mol. The van der Waals surface area contributed by atoms with E-state index in [9.17, 15) is 4.79 Å². The molecule has 1 rings (SSSR count). The molecule has 3 heteroatoms. The fourth-order valence-corrected chi connectivity index (χ4v) is 4.30. The highest BCUT2D eigenvalue weighted by molar-refractivity contribution is 5.72. The van der Waals surface area contributed by atoms with Gasteiger partial charge in [-0.1, -0.05) is 66.2 Å². The fraction of sp³-hybridized carbons (Fsp3) is 0.960. The van der Waals surface area contributed by atoms with Gasteiger partial charge in [-0.25, -0.2) is 0 Å². The summed E-state index contributed by atoms with van der Waals surface area (Å²) in [6, 6.07) is 0. The normalized spacial score (nSPS) is 22.0. The minimum Gasteiger partial charge on any atom is -0.465 e. The third kappa shape index (κ3) is 10.8. The van der Waals surface area contributed by atoms with Gasteiger partial charge in [0.1, 0.15) is 0 Å². The first kappa shape index (κ1) is 25.5. The van der Waals surface area contributed by atoms with E-state index < -0.39 is 0 Å². The number of carbonyl (C=O) groups excluding carboxylic acids is 1. The molecule has 1 aliphatic rings. The first-order valence-electron chi connectivity index (χ1n) is 12.4. The first-order valence-corrected chi connectivity index (χ1v) is 12.4. The summed E-state index contributed by atoms with van der Waals surface area (Å²) in [5.74, 6) is 2.20. The molecule has 1 aliphatic carbocycles. The van der Waals surface area contributed by atoms with Gasteiger partial charge in [-0.3, -0.25) is 4.79 Å². The van der Waals surface area contributed by atoms with E-state index in [1.165, 1.54) is 44.9 Å². The molecule has 3 nitrogen and oxygen atoms in total. The van der Waals surface area contributed by atoms with Crippen LogP contribution >= 0.6 is 0 Å². The van der Waals surface area contributed by atoms with Gasteiger partial charge in [0.15, 0.2) is 0 Å². The topological polar surface area (TPSA) is 35.5 Å². The highest BCUT2D eigenvalue weighted by atomic mass is 16.5. The summed E-state index contributed by atoms with van der Waals surface area (Å²) in [6.07, 6.45) is 15.3. The third-order valence-corrected chi connectivity index (χ3v) is 6.75. The summed E-state index contributed by atoms with van der Waals surface area (Å²) in [7, 11) is 0. The number of rotatable bonds is 16. The summed E-state index contributed by atoms with van der Waals surface area (Å²) >= 11 is 0. The number of ether oxygens (including phenoxy) is 2. The van der Waals surface area contributed by atoms with Gasteiger partial charge in [-0.2, -0.15) is 0 Å². The molecule has 0 spiro atoms. The maximum Gasteiger partial charge on any atom is 0.308 e. The molecular weight excluding hydrogens is 348 g/mol. The van der Waals surface area contributed by atoms with Crippen LogP contribution in [0.2, 0.25) is 0 Å². The van der Waals surface area contributed by atoms with Crippen LogP contribution in [0, 0.1) is 23.7 Å². The molecule has 0 N–H and O–H groups in total. The molecule has 1 saturated carbocycles. The zero-order valence-electron chi connectivity index (χ0n) is 19.3. The van der Waals surface area contributed by atoms with E-state index in [4.69, 9.17) is 9.47 Å². The molecule has 28 heavy (non-hydrogen) atoms. The van der Waals surface area contributed by atoms with E-state index in [-0.39, 0.29) is 11.9 Å². The van der Waals surface area contributed by atoms with E-state index in [1.807, 2.05) is 0 Å². The Morgan fingerprint density at radius 2 is 1.43 bits per heavy atom. The smallest absolute Gasteiger partial charge is 0.308 e. The van der Waals surface area contributed by atoms with Crippen molar-refractivity contribution in [2.24, 2.45) is 23.7 Å². The van der Waals surface area contributed by atoms with Gasteiger partial charge in [0.05, 0.1) is 12.5 Å². The molecular formula is C25H48O3. The Balaban J connectivity index is 2.14. The summed E-state index contributed by atoms with van der Waals surface area (Å²) in [4.78, 5) is 12.4. The minimum absolute atomic E-state index is 0.0614. The molecule has 0 bridgehead atoms. The Kier molecular flexibility index (Phi) is 14.8. The standard InChI is InChI=1S/C25H48O3/c1-5-9-11-21(7-3)19-27-18-17-23-13-15-24(16-14-23)25(26)28-20-22(8-4)12-10-6-2/h21-24H,5-20H2,1-4H3. The van der Waals surface area contributed by atoms with Crippen molar-refractivity contribution in [2.45, 2.75) is 111 Å². The number of hydrogen-bond acceptors (Lipinski definition) is 3. The highest BCUT2D eigenvalue weighted by Gasteiger charge is 2.27. The first-order chi connectivity index (χ1) is 13.6. The molecule has 0 aromatic rings. The molecule has 0 aromatic carbocycles. The molecule has 2 unspecified atom stereocenters. The Hall–Kier alpha value is -0.570. The van der Waals surface area contributed by atoms with Gasteiger partial charge in [-0.05, 0) is 62.7 Å². The van der Waals surface area contributed by atoms with Crippen molar-refractivity contribution >= 4 is 5.97 Å². The van der Waals surface area contributed by atoms with Crippen LogP contribution in [0.4, 0.5) is 0 Å². The van der Waals surface area contributed by atoms with Gasteiger partial charge in [-0.15, -0.1) is 0 Å². The summed E-state index contributed by atoms with van der Waals surface area (Å²) in [5.41, 5.74) is 0. The van der Waals surface area contributed by atoms with Crippen molar-refractivity contribution in [2.75, 3.05) is 19.8 Å². The number of carbonyl (C=O) groups is 1. The van der Waals surface area contributed by atoms with Crippen molar-refractivity contribution in [1.82, 2.24) is 0 Å². The number of esters is 1. The lowest BCUT2D eigenvalue weighted by molar-refractivity contribution is -0.151. The molecule has 0 saturated heterocycles. The van der Waals surface area contributed by atoms with Crippen LogP contribution in [0.3, 0.4) is 0 Å². The van der Waals surface area contributed by atoms with Gasteiger partial charge in [0.2, 0.25) is 0 Å². The fourth-order valence-electron chi connectivity index (χ4n) is 4.30. The van der Waals surface area contributed by atoms with Crippen molar-refractivity contribution in [3.05, 3.63) is 0 Å². The molecule has 166 valence electrons. The number of hydrogen-bond donors (Lipinski definition) is 0. The van der Waals surface area contributed by atoms with Crippen LogP contribution in [-0.2, 0) is 14.3 Å². The molecule has 0 aromatic heterocycles. The van der Waals surface area contributed by atoms with Gasteiger partial charge in [0.25, 0.3) is 0 Å². The summed E-state index contributed by atoms with van der Waals surface area (Å²) < 4.78 is 11.7. The van der Waals surface area contributed by atoms with Gasteiger partial charge < -0.3 is 9.47 Å². The maximum atomic E-state index is 12.4. The van der Waals surface area contributed by atoms with Crippen LogP contribution in [0.1, 0.15) is 111 Å². The number of unbranched alkanes of at least 4 members (excludes halogenated alkanes) is 2. The molecule has 0 heterocycles. The van der Waals surface area contributed by atoms with Crippen LogP contribution in [0.25, 0.3) is 0 Å². The Labute approximate surface area is 175 Å². The quantitative estimate of drug-likeness (QED) is 0.205. The van der Waals surface area contributed by atoms with E-state index in [1.54, 1.807) is 0 Å².